The number of ether oxygens (including phenoxy) is 1. The van der Waals surface area contributed by atoms with Crippen LogP contribution in [0.2, 0.25) is 0 Å². The molecule has 2 fully saturated rings. The fourth-order valence-electron chi connectivity index (χ4n) is 8.00. The van der Waals surface area contributed by atoms with Gasteiger partial charge >= 0.3 is 0 Å². The van der Waals surface area contributed by atoms with Crippen LogP contribution in [0.25, 0.3) is 22.2 Å². The number of amides is 6. The Morgan fingerprint density at radius 3 is 2.52 bits per heavy atom. The molecule has 16 nitrogen and oxygen atoms in total. The smallest absolute Gasteiger partial charge is 0.262 e. The van der Waals surface area contributed by atoms with Crippen molar-refractivity contribution in [2.75, 3.05) is 25.0 Å². The van der Waals surface area contributed by atoms with Crippen molar-refractivity contribution in [1.82, 2.24) is 40.2 Å². The maximum Gasteiger partial charge on any atom is 0.262 e. The molecule has 3 aliphatic rings. The number of H-pyrrole nitrogens is 1. The molecule has 1 unspecified atom stereocenters. The van der Waals surface area contributed by atoms with E-state index >= 15 is 0 Å². The van der Waals surface area contributed by atoms with Gasteiger partial charge < -0.3 is 20.4 Å². The molecule has 5 heterocycles. The molecule has 2 saturated heterocycles. The first-order valence-electron chi connectivity index (χ1n) is 20.5. The number of carbonyl (C=O) groups excluding carboxylic acids is 6. The highest BCUT2D eigenvalue weighted by Gasteiger charge is 2.44. The SMILES string of the molecule is C[C@H]1CCCN1Cc1nc2cc(NC(=O)c3ccc(-c4cnn(CCCCCCNC(=O)COc5ccc6c(c5)C(=O)N(C5CCC(=O)NC5=O)C6=O)c4)cc3)ccc2[nH]1. The molecule has 0 aliphatic carbocycles. The number of carbonyl (C=O) groups is 6. The van der Waals surface area contributed by atoms with E-state index in [9.17, 15) is 28.8 Å². The van der Waals surface area contributed by atoms with Crippen molar-refractivity contribution in [3.05, 3.63) is 95.6 Å². The zero-order chi connectivity index (χ0) is 41.8. The first-order chi connectivity index (χ1) is 29.1. The van der Waals surface area contributed by atoms with Gasteiger partial charge in [-0.3, -0.25) is 48.6 Å². The maximum atomic E-state index is 13.1. The summed E-state index contributed by atoms with van der Waals surface area (Å²) >= 11 is 0. The quantitative estimate of drug-likeness (QED) is 0.0791. The second-order valence-corrected chi connectivity index (χ2v) is 15.6. The van der Waals surface area contributed by atoms with Crippen molar-refractivity contribution in [1.29, 1.82) is 0 Å². The van der Waals surface area contributed by atoms with Crippen molar-refractivity contribution in [3.8, 4) is 16.9 Å². The van der Waals surface area contributed by atoms with Gasteiger partial charge in [-0.15, -0.1) is 0 Å². The van der Waals surface area contributed by atoms with Gasteiger partial charge in [0.05, 0.1) is 34.9 Å². The van der Waals surface area contributed by atoms with Crippen LogP contribution in [-0.2, 0) is 27.5 Å². The highest BCUT2D eigenvalue weighted by Crippen LogP contribution is 2.30. The molecule has 5 aromatic rings. The number of imide groups is 2. The second kappa shape index (κ2) is 17.7. The van der Waals surface area contributed by atoms with Crippen molar-refractivity contribution < 1.29 is 33.5 Å². The third-order valence-electron chi connectivity index (χ3n) is 11.4. The number of aryl methyl sites for hydroxylation is 1. The molecule has 6 amide bonds. The predicted octanol–water partition coefficient (Wildman–Crippen LogP) is 4.82. The van der Waals surface area contributed by atoms with Gasteiger partial charge in [0.1, 0.15) is 17.6 Å². The lowest BCUT2D eigenvalue weighted by Crippen LogP contribution is -2.54. The minimum Gasteiger partial charge on any atom is -0.484 e. The molecule has 60 heavy (non-hydrogen) atoms. The van der Waals surface area contributed by atoms with Gasteiger partial charge in [0.2, 0.25) is 11.8 Å². The van der Waals surface area contributed by atoms with E-state index in [0.29, 0.717) is 23.8 Å². The standard InChI is InChI=1S/C44H47N9O7/c1-27-7-6-19-51(27)25-38-48-35-15-12-31(21-36(35)49-38)47-41(56)29-10-8-28(9-11-29)30-23-46-52(24-30)20-5-3-2-4-18-45-40(55)26-60-32-13-14-33-34(22-32)44(59)53(43(33)58)37-16-17-39(54)50-42(37)57/h8-15,21-24,27,37H,2-7,16-20,25-26H2,1H3,(H,45,55)(H,47,56)(H,48,49)(H,50,54,57)/t27-,37?/m0/s1. The Bertz CT molecular complexity index is 2460. The van der Waals surface area contributed by atoms with Crippen molar-refractivity contribution >= 4 is 52.2 Å². The van der Waals surface area contributed by atoms with Crippen LogP contribution in [0.15, 0.2) is 73.1 Å². The zero-order valence-electron chi connectivity index (χ0n) is 33.4. The van der Waals surface area contributed by atoms with E-state index in [1.807, 2.05) is 59.5 Å². The first-order valence-corrected chi connectivity index (χ1v) is 20.5. The average molecular weight is 814 g/mol. The number of unbranched alkanes of at least 4 members (excludes halogenated alkanes) is 3. The largest absolute Gasteiger partial charge is 0.484 e. The molecule has 8 rings (SSSR count). The summed E-state index contributed by atoms with van der Waals surface area (Å²) in [5.41, 5.74) is 5.17. The van der Waals surface area contributed by atoms with Gasteiger partial charge in [0.15, 0.2) is 6.61 Å². The third-order valence-corrected chi connectivity index (χ3v) is 11.4. The third kappa shape index (κ3) is 8.98. The lowest BCUT2D eigenvalue weighted by molar-refractivity contribution is -0.136. The fraction of sp³-hybridized carbons (Fsp3) is 0.364. The van der Waals surface area contributed by atoms with Crippen molar-refractivity contribution in [2.45, 2.75) is 83.5 Å². The number of nitrogens with one attached hydrogen (secondary N) is 4. The lowest BCUT2D eigenvalue weighted by Gasteiger charge is -2.27. The molecule has 310 valence electrons. The number of rotatable bonds is 16. The number of likely N-dealkylation sites (tertiary alicyclic amines) is 1. The minimum atomic E-state index is -1.05. The fourth-order valence-corrected chi connectivity index (χ4v) is 8.00. The number of fused-ring (bicyclic) bond motifs is 2. The first kappa shape index (κ1) is 40.1. The van der Waals surface area contributed by atoms with Crippen molar-refractivity contribution in [3.63, 3.8) is 0 Å². The number of anilines is 1. The maximum absolute atomic E-state index is 13.1. The number of nitrogens with zero attached hydrogens (tertiary/aromatic N) is 5. The van der Waals surface area contributed by atoms with Crippen LogP contribution >= 0.6 is 0 Å². The number of imidazole rings is 1. The van der Waals surface area contributed by atoms with Gasteiger partial charge in [-0.2, -0.15) is 5.10 Å². The van der Waals surface area contributed by atoms with E-state index < -0.39 is 29.7 Å². The number of aromatic amines is 1. The molecule has 3 aromatic carbocycles. The predicted molar refractivity (Wildman–Crippen MR) is 221 cm³/mol. The van der Waals surface area contributed by atoms with E-state index in [-0.39, 0.29) is 48.1 Å². The summed E-state index contributed by atoms with van der Waals surface area (Å²) in [6, 6.07) is 17.1. The van der Waals surface area contributed by atoms with Gasteiger partial charge in [-0.25, -0.2) is 4.98 Å². The molecule has 4 N–H and O–H groups in total. The summed E-state index contributed by atoms with van der Waals surface area (Å²) in [6.07, 6.45) is 9.93. The van der Waals surface area contributed by atoms with Crippen LogP contribution in [0, 0.1) is 0 Å². The summed E-state index contributed by atoms with van der Waals surface area (Å²) in [5, 5.41) is 12.5. The number of hydrogen-bond donors (Lipinski definition) is 4. The number of benzene rings is 3. The summed E-state index contributed by atoms with van der Waals surface area (Å²) in [6.45, 7) is 5.11. The van der Waals surface area contributed by atoms with E-state index in [4.69, 9.17) is 9.72 Å². The highest BCUT2D eigenvalue weighted by atomic mass is 16.5. The molecule has 0 saturated carbocycles. The van der Waals surface area contributed by atoms with Crippen molar-refractivity contribution in [2.24, 2.45) is 0 Å². The Hall–Kier alpha value is -6.68. The summed E-state index contributed by atoms with van der Waals surface area (Å²) < 4.78 is 7.50. The van der Waals surface area contributed by atoms with Crippen LogP contribution in [0.4, 0.5) is 5.69 Å². The van der Waals surface area contributed by atoms with Gasteiger partial charge in [-0.1, -0.05) is 25.0 Å². The Morgan fingerprint density at radius 2 is 1.72 bits per heavy atom. The second-order valence-electron chi connectivity index (χ2n) is 15.6. The van der Waals surface area contributed by atoms with Gasteiger partial charge in [-0.05, 0) is 99.7 Å². The average Bonchev–Trinajstić information content (AvgIpc) is 4.03. The zero-order valence-corrected chi connectivity index (χ0v) is 33.4. The summed E-state index contributed by atoms with van der Waals surface area (Å²) in [4.78, 5) is 86.7. The minimum absolute atomic E-state index is 0.0358. The Balaban J connectivity index is 0.718. The molecule has 0 spiro atoms. The van der Waals surface area contributed by atoms with Crippen LogP contribution < -0.4 is 20.7 Å². The van der Waals surface area contributed by atoms with Crippen LogP contribution in [-0.4, -0.2) is 96.8 Å². The Labute approximate surface area is 346 Å². The van der Waals surface area contributed by atoms with E-state index in [1.54, 1.807) is 0 Å². The van der Waals surface area contributed by atoms with Crippen LogP contribution in [0.1, 0.15) is 95.2 Å². The van der Waals surface area contributed by atoms with Gasteiger partial charge in [0.25, 0.3) is 23.6 Å². The molecular weight excluding hydrogens is 767 g/mol. The Kier molecular flexibility index (Phi) is 11.8. The molecule has 3 aliphatic heterocycles. The summed E-state index contributed by atoms with van der Waals surface area (Å²) in [7, 11) is 0. The monoisotopic (exact) mass is 813 g/mol. The Morgan fingerprint density at radius 1 is 0.900 bits per heavy atom. The number of aromatic nitrogens is 4. The van der Waals surface area contributed by atoms with E-state index in [2.05, 4.69) is 37.9 Å². The summed E-state index contributed by atoms with van der Waals surface area (Å²) in [5.74, 6) is -1.70. The highest BCUT2D eigenvalue weighted by molar-refractivity contribution is 6.23. The van der Waals surface area contributed by atoms with E-state index in [1.165, 1.54) is 31.0 Å². The van der Waals surface area contributed by atoms with Crippen LogP contribution in [0.5, 0.6) is 5.75 Å². The number of piperidine rings is 1. The molecule has 0 bridgehead atoms. The van der Waals surface area contributed by atoms with E-state index in [0.717, 1.165) is 78.2 Å². The lowest BCUT2D eigenvalue weighted by atomic mass is 10.0. The van der Waals surface area contributed by atoms with Gasteiger partial charge in [0, 0.05) is 48.6 Å². The molecule has 2 aromatic heterocycles. The number of hydrogen-bond acceptors (Lipinski definition) is 10. The topological polar surface area (TPSA) is 201 Å². The molecular formula is C44H47N9O7. The van der Waals surface area contributed by atoms with Crippen LogP contribution in [0.3, 0.4) is 0 Å². The molecule has 0 radical (unpaired) electrons. The normalized spacial score (nSPS) is 17.9. The molecule has 16 heteroatoms. The molecule has 2 atom stereocenters.